The van der Waals surface area contributed by atoms with E-state index in [4.69, 9.17) is 4.74 Å². The van der Waals surface area contributed by atoms with Crippen LogP contribution in [0.1, 0.15) is 23.1 Å². The molecule has 0 spiro atoms. The first-order valence-electron chi connectivity index (χ1n) is 6.22. The third-order valence-electron chi connectivity index (χ3n) is 2.49. The topological polar surface area (TPSA) is 140 Å². The Morgan fingerprint density at radius 2 is 2.30 bits per heavy atom. The lowest BCUT2D eigenvalue weighted by molar-refractivity contribution is -0.390. The van der Waals surface area contributed by atoms with E-state index in [2.05, 4.69) is 36.4 Å². The van der Waals surface area contributed by atoms with Crippen molar-refractivity contribution in [1.29, 1.82) is 0 Å². The second-order valence-corrected chi connectivity index (χ2v) is 5.72. The van der Waals surface area contributed by atoms with E-state index in [-0.39, 0.29) is 28.3 Å². The van der Waals surface area contributed by atoms with Crippen molar-refractivity contribution in [3.8, 4) is 0 Å². The molecular weight excluding hydrogens is 394 g/mol. The van der Waals surface area contributed by atoms with Gasteiger partial charge in [-0.05, 0) is 27.8 Å². The minimum Gasteiger partial charge on any atom is -0.466 e. The molecular formula is C11H10BrN5O5S. The number of amides is 1. The fourth-order valence-electron chi connectivity index (χ4n) is 1.55. The Labute approximate surface area is 141 Å². The summed E-state index contributed by atoms with van der Waals surface area (Å²) in [6, 6.07) is 0. The molecule has 0 aliphatic carbocycles. The van der Waals surface area contributed by atoms with Crippen LogP contribution >= 0.6 is 27.3 Å². The van der Waals surface area contributed by atoms with E-state index in [1.54, 1.807) is 12.3 Å². The highest BCUT2D eigenvalue weighted by atomic mass is 79.9. The predicted molar refractivity (Wildman–Crippen MR) is 83.3 cm³/mol. The van der Waals surface area contributed by atoms with Crippen LogP contribution in [0.3, 0.4) is 0 Å². The second-order valence-electron chi connectivity index (χ2n) is 4.07. The summed E-state index contributed by atoms with van der Waals surface area (Å²) in [5.74, 6) is -1.50. The zero-order chi connectivity index (χ0) is 17.0. The number of rotatable bonds is 6. The molecule has 0 aliphatic heterocycles. The van der Waals surface area contributed by atoms with E-state index >= 15 is 0 Å². The van der Waals surface area contributed by atoms with Gasteiger partial charge in [0.05, 0.1) is 18.7 Å². The van der Waals surface area contributed by atoms with Gasteiger partial charge in [0.1, 0.15) is 4.47 Å². The molecule has 2 aromatic rings. The van der Waals surface area contributed by atoms with Gasteiger partial charge in [-0.3, -0.25) is 14.9 Å². The van der Waals surface area contributed by atoms with Crippen LogP contribution < -0.4 is 5.32 Å². The zero-order valence-electron chi connectivity index (χ0n) is 11.7. The first-order chi connectivity index (χ1) is 10.9. The molecule has 2 aromatic heterocycles. The summed E-state index contributed by atoms with van der Waals surface area (Å²) in [6.07, 6.45) is -0.00220. The van der Waals surface area contributed by atoms with E-state index in [9.17, 15) is 19.7 Å². The summed E-state index contributed by atoms with van der Waals surface area (Å²) in [5, 5.41) is 20.7. The first-order valence-corrected chi connectivity index (χ1v) is 7.89. The molecule has 0 fully saturated rings. The van der Waals surface area contributed by atoms with Crippen molar-refractivity contribution < 1.29 is 19.2 Å². The Balaban J connectivity index is 2.05. The Morgan fingerprint density at radius 3 is 2.91 bits per heavy atom. The van der Waals surface area contributed by atoms with Gasteiger partial charge in [0.25, 0.3) is 5.91 Å². The maximum Gasteiger partial charge on any atom is 0.357 e. The number of aromatic nitrogens is 3. The number of ether oxygens (including phenoxy) is 1. The number of halogens is 1. The molecule has 12 heteroatoms. The maximum atomic E-state index is 12.0. The molecule has 2 N–H and O–H groups in total. The van der Waals surface area contributed by atoms with E-state index in [0.717, 1.165) is 11.3 Å². The van der Waals surface area contributed by atoms with Gasteiger partial charge in [-0.15, -0.1) is 16.4 Å². The standard InChI is InChI=1S/C11H10BrN5O5S/c1-2-22-6(18)3-5-4-23-11(13-5)14-10(19)8-7(12)9(16-15-8)17(20)21/h4H,2-3H2,1H3,(H,15,16)(H,13,14,19). The van der Waals surface area contributed by atoms with Crippen molar-refractivity contribution in [2.45, 2.75) is 13.3 Å². The third-order valence-corrected chi connectivity index (χ3v) is 4.05. The fourth-order valence-corrected chi connectivity index (χ4v) is 2.76. The summed E-state index contributed by atoms with van der Waals surface area (Å²) in [7, 11) is 0. The summed E-state index contributed by atoms with van der Waals surface area (Å²) in [5.41, 5.74) is 0.287. The number of aromatic amines is 1. The number of hydrogen-bond acceptors (Lipinski definition) is 8. The predicted octanol–water partition coefficient (Wildman–Crippen LogP) is 1.89. The van der Waals surface area contributed by atoms with E-state index in [1.165, 1.54) is 0 Å². The minimum absolute atomic E-state index is 0.00220. The molecule has 0 unspecified atom stereocenters. The largest absolute Gasteiger partial charge is 0.466 e. The van der Waals surface area contributed by atoms with Crippen LogP contribution in [0.15, 0.2) is 9.85 Å². The summed E-state index contributed by atoms with van der Waals surface area (Å²) in [6.45, 7) is 1.98. The Bertz CT molecular complexity index is 758. The molecule has 0 aliphatic rings. The molecule has 0 radical (unpaired) electrons. The van der Waals surface area contributed by atoms with Crippen molar-refractivity contribution in [3.05, 3.63) is 31.4 Å². The van der Waals surface area contributed by atoms with Crippen molar-refractivity contribution in [3.63, 3.8) is 0 Å². The normalized spacial score (nSPS) is 10.3. The van der Waals surface area contributed by atoms with E-state index < -0.39 is 22.6 Å². The zero-order valence-corrected chi connectivity index (χ0v) is 14.1. The summed E-state index contributed by atoms with van der Waals surface area (Å²) in [4.78, 5) is 37.4. The van der Waals surface area contributed by atoms with Gasteiger partial charge < -0.3 is 14.9 Å². The van der Waals surface area contributed by atoms with E-state index in [1.807, 2.05) is 0 Å². The van der Waals surface area contributed by atoms with Crippen LogP contribution in [0.25, 0.3) is 0 Å². The molecule has 10 nitrogen and oxygen atoms in total. The maximum absolute atomic E-state index is 12.0. The number of nitrogens with one attached hydrogen (secondary N) is 2. The number of anilines is 1. The molecule has 0 saturated heterocycles. The van der Waals surface area contributed by atoms with Crippen LogP contribution in [-0.2, 0) is 16.0 Å². The molecule has 1 amide bonds. The van der Waals surface area contributed by atoms with Crippen LogP contribution in [0.5, 0.6) is 0 Å². The van der Waals surface area contributed by atoms with Crippen LogP contribution in [0.4, 0.5) is 10.9 Å². The van der Waals surface area contributed by atoms with Gasteiger partial charge in [0.2, 0.25) is 0 Å². The number of carbonyl (C=O) groups is 2. The fraction of sp³-hybridized carbons (Fsp3) is 0.273. The molecule has 122 valence electrons. The number of nitrogens with zero attached hydrogens (tertiary/aromatic N) is 3. The second kappa shape index (κ2) is 7.28. The number of esters is 1. The summed E-state index contributed by atoms with van der Waals surface area (Å²) >= 11 is 4.06. The first kappa shape index (κ1) is 17.0. The van der Waals surface area contributed by atoms with Gasteiger partial charge >= 0.3 is 11.8 Å². The van der Waals surface area contributed by atoms with E-state index in [0.29, 0.717) is 5.69 Å². The molecule has 0 atom stereocenters. The Kier molecular flexibility index (Phi) is 5.39. The Hall–Kier alpha value is -2.34. The quantitative estimate of drug-likeness (QED) is 0.426. The highest BCUT2D eigenvalue weighted by Gasteiger charge is 2.25. The highest BCUT2D eigenvalue weighted by molar-refractivity contribution is 9.10. The van der Waals surface area contributed by atoms with Gasteiger partial charge in [0.15, 0.2) is 10.8 Å². The molecule has 2 heterocycles. The molecule has 0 saturated carbocycles. The monoisotopic (exact) mass is 403 g/mol. The number of carbonyl (C=O) groups excluding carboxylic acids is 2. The smallest absolute Gasteiger partial charge is 0.357 e. The SMILES string of the molecule is CCOC(=O)Cc1csc(NC(=O)c2n[nH]c([N+](=O)[O-])c2Br)n1. The number of nitro groups is 1. The molecule has 0 aromatic carbocycles. The van der Waals surface area contributed by atoms with Crippen LogP contribution in [0, 0.1) is 10.1 Å². The number of hydrogen-bond donors (Lipinski definition) is 2. The lowest BCUT2D eigenvalue weighted by atomic mass is 10.3. The van der Waals surface area contributed by atoms with Crippen LogP contribution in [0.2, 0.25) is 0 Å². The van der Waals surface area contributed by atoms with Crippen molar-refractivity contribution >= 4 is 50.1 Å². The molecule has 23 heavy (non-hydrogen) atoms. The number of H-pyrrole nitrogens is 1. The third kappa shape index (κ3) is 4.10. The lowest BCUT2D eigenvalue weighted by Crippen LogP contribution is -2.13. The molecule has 2 rings (SSSR count). The average molecular weight is 404 g/mol. The molecule has 0 bridgehead atoms. The van der Waals surface area contributed by atoms with Gasteiger partial charge in [0, 0.05) is 5.38 Å². The Morgan fingerprint density at radius 1 is 1.57 bits per heavy atom. The van der Waals surface area contributed by atoms with Crippen LogP contribution in [-0.4, -0.2) is 38.6 Å². The van der Waals surface area contributed by atoms with Crippen molar-refractivity contribution in [1.82, 2.24) is 15.2 Å². The minimum atomic E-state index is -0.700. The summed E-state index contributed by atoms with van der Waals surface area (Å²) < 4.78 is 4.75. The van der Waals surface area contributed by atoms with Gasteiger partial charge in [-0.2, -0.15) is 0 Å². The lowest BCUT2D eigenvalue weighted by Gasteiger charge is -1.99. The van der Waals surface area contributed by atoms with Crippen molar-refractivity contribution in [2.75, 3.05) is 11.9 Å². The highest BCUT2D eigenvalue weighted by Crippen LogP contribution is 2.26. The van der Waals surface area contributed by atoms with Gasteiger partial charge in [-0.25, -0.2) is 4.98 Å². The van der Waals surface area contributed by atoms with Gasteiger partial charge in [-0.1, -0.05) is 5.10 Å². The van der Waals surface area contributed by atoms with Crippen molar-refractivity contribution in [2.24, 2.45) is 0 Å². The average Bonchev–Trinajstić information content (AvgIpc) is 3.05. The number of thiazole rings is 1.